The van der Waals surface area contributed by atoms with Gasteiger partial charge in [0.2, 0.25) is 0 Å². The first-order chi connectivity index (χ1) is 14.0. The van der Waals surface area contributed by atoms with Gasteiger partial charge in [0.15, 0.2) is 0 Å². The first kappa shape index (κ1) is 21.1. The molecule has 5 heteroatoms. The number of rotatable bonds is 0. The van der Waals surface area contributed by atoms with Crippen molar-refractivity contribution < 1.29 is 14.6 Å². The van der Waals surface area contributed by atoms with Crippen LogP contribution in [-0.2, 0) is 9.53 Å². The summed E-state index contributed by atoms with van der Waals surface area (Å²) in [7, 11) is 0. The number of fused-ring (bicyclic) bond motifs is 1. The van der Waals surface area contributed by atoms with E-state index in [1.165, 1.54) is 38.5 Å². The normalized spacial score (nSPS) is 42.2. The van der Waals surface area contributed by atoms with Crippen LogP contribution in [-0.4, -0.2) is 46.8 Å². The van der Waals surface area contributed by atoms with E-state index in [0.29, 0.717) is 42.3 Å². The van der Waals surface area contributed by atoms with Crippen LogP contribution in [0.2, 0.25) is 0 Å². The summed E-state index contributed by atoms with van der Waals surface area (Å²) in [6.07, 6.45) is 16.9. The van der Waals surface area contributed by atoms with Gasteiger partial charge in [-0.3, -0.25) is 4.90 Å². The highest BCUT2D eigenvalue weighted by Gasteiger charge is 2.52. The van der Waals surface area contributed by atoms with Gasteiger partial charge in [-0.25, -0.2) is 4.79 Å². The smallest absolute Gasteiger partial charge is 0.335 e. The molecule has 0 aromatic heterocycles. The Morgan fingerprint density at radius 3 is 2.79 bits per heavy atom. The molecule has 4 rings (SSSR count). The van der Waals surface area contributed by atoms with Gasteiger partial charge in [0.1, 0.15) is 0 Å². The van der Waals surface area contributed by atoms with Gasteiger partial charge in [0.05, 0.1) is 12.7 Å². The maximum absolute atomic E-state index is 12.7. The molecular formula is C24H34ClNO3. The van der Waals surface area contributed by atoms with Crippen LogP contribution in [0.1, 0.15) is 64.7 Å². The standard InChI is InChI=1S/C24H34ClNO3/c1-17-6-10-21(27)11-8-19(25)12-15-29-23(28)18-7-9-20-4-2-13-24(26(20)16-18)14-3-5-22(17)24/h6-8,10,17,20-22,27H,2-5,9,11-16H2,1H3/b10-6+,19-8-/t17-,20+,21+,22?,24+/m0/s1. The minimum absolute atomic E-state index is 0.178. The number of aliphatic hydroxyl groups is 1. The molecule has 0 aromatic rings. The average molecular weight is 420 g/mol. The Morgan fingerprint density at radius 1 is 1.17 bits per heavy atom. The number of ether oxygens (including phenoxy) is 1. The molecule has 2 fully saturated rings. The Hall–Kier alpha value is -1.10. The van der Waals surface area contributed by atoms with Gasteiger partial charge in [-0.15, -0.1) is 0 Å². The minimum atomic E-state index is -0.525. The number of cyclic esters (lactones) is 1. The molecule has 2 bridgehead atoms. The van der Waals surface area contributed by atoms with Crippen molar-refractivity contribution in [2.75, 3.05) is 13.2 Å². The Kier molecular flexibility index (Phi) is 6.53. The SMILES string of the molecule is C[C@H]1/C=C/[C@@H](O)C/C=C(\Cl)CCOC(=O)C2=CC[C@H]3CCC[C@]4(CCCC14)N3C2. The molecule has 1 aliphatic carbocycles. The number of hydrogen-bond donors (Lipinski definition) is 1. The van der Waals surface area contributed by atoms with Crippen molar-refractivity contribution in [3.05, 3.63) is 34.9 Å². The van der Waals surface area contributed by atoms with Crippen molar-refractivity contribution >= 4 is 17.6 Å². The van der Waals surface area contributed by atoms with E-state index in [2.05, 4.69) is 24.0 Å². The van der Waals surface area contributed by atoms with Crippen LogP contribution in [0.5, 0.6) is 0 Å². The second-order valence-corrected chi connectivity index (χ2v) is 9.81. The second kappa shape index (κ2) is 8.95. The van der Waals surface area contributed by atoms with Crippen molar-refractivity contribution in [1.82, 2.24) is 4.90 Å². The van der Waals surface area contributed by atoms with Crippen molar-refractivity contribution in [1.29, 1.82) is 0 Å². The molecule has 29 heavy (non-hydrogen) atoms. The number of piperidine rings is 1. The number of nitrogens with zero attached hydrogens (tertiary/aromatic N) is 1. The summed E-state index contributed by atoms with van der Waals surface area (Å²) in [5.41, 5.74) is 0.997. The predicted octanol–water partition coefficient (Wildman–Crippen LogP) is 4.72. The van der Waals surface area contributed by atoms with Gasteiger partial charge in [0, 0.05) is 35.2 Å². The minimum Gasteiger partial charge on any atom is -0.462 e. The zero-order valence-corrected chi connectivity index (χ0v) is 18.2. The van der Waals surface area contributed by atoms with Crippen LogP contribution in [0, 0.1) is 11.8 Å². The molecule has 3 heterocycles. The number of carbonyl (C=O) groups is 1. The molecule has 1 unspecified atom stereocenters. The Bertz CT molecular complexity index is 715. The highest BCUT2D eigenvalue weighted by molar-refractivity contribution is 6.29. The van der Waals surface area contributed by atoms with E-state index in [9.17, 15) is 9.90 Å². The van der Waals surface area contributed by atoms with E-state index in [0.717, 1.165) is 12.0 Å². The van der Waals surface area contributed by atoms with E-state index in [1.807, 2.05) is 12.2 Å². The lowest BCUT2D eigenvalue weighted by Crippen LogP contribution is -2.61. The van der Waals surface area contributed by atoms with E-state index in [1.54, 1.807) is 0 Å². The van der Waals surface area contributed by atoms with Crippen LogP contribution >= 0.6 is 11.6 Å². The topological polar surface area (TPSA) is 49.8 Å². The monoisotopic (exact) mass is 419 g/mol. The lowest BCUT2D eigenvalue weighted by Gasteiger charge is -2.55. The molecule has 1 N–H and O–H groups in total. The van der Waals surface area contributed by atoms with Crippen molar-refractivity contribution in [2.45, 2.75) is 82.4 Å². The number of allylic oxidation sites excluding steroid dienone is 1. The summed E-state index contributed by atoms with van der Waals surface area (Å²) in [5.74, 6) is 0.777. The molecule has 0 aromatic carbocycles. The van der Waals surface area contributed by atoms with Gasteiger partial charge in [0.25, 0.3) is 0 Å². The lowest BCUT2D eigenvalue weighted by atomic mass is 9.70. The van der Waals surface area contributed by atoms with E-state index in [4.69, 9.17) is 16.3 Å². The molecule has 1 saturated carbocycles. The zero-order valence-electron chi connectivity index (χ0n) is 17.5. The molecule has 0 radical (unpaired) electrons. The fraction of sp³-hybridized carbons (Fsp3) is 0.708. The first-order valence-corrected chi connectivity index (χ1v) is 11.7. The van der Waals surface area contributed by atoms with Crippen molar-refractivity contribution in [2.24, 2.45) is 11.8 Å². The Labute approximate surface area is 179 Å². The number of esters is 1. The van der Waals surface area contributed by atoms with Crippen molar-refractivity contribution in [3.63, 3.8) is 0 Å². The lowest BCUT2D eigenvalue weighted by molar-refractivity contribution is -0.140. The van der Waals surface area contributed by atoms with Crippen LogP contribution in [0.25, 0.3) is 0 Å². The number of halogens is 1. The van der Waals surface area contributed by atoms with Gasteiger partial charge < -0.3 is 9.84 Å². The summed E-state index contributed by atoms with van der Waals surface area (Å²) >= 11 is 6.24. The summed E-state index contributed by atoms with van der Waals surface area (Å²) in [6.45, 7) is 3.29. The second-order valence-electron chi connectivity index (χ2n) is 9.33. The molecule has 1 spiro atoms. The summed E-state index contributed by atoms with van der Waals surface area (Å²) in [5, 5.41) is 11.0. The highest BCUT2D eigenvalue weighted by Crippen LogP contribution is 2.52. The van der Waals surface area contributed by atoms with E-state index < -0.39 is 6.10 Å². The average Bonchev–Trinajstić information content (AvgIpc) is 3.14. The third-order valence-corrected chi connectivity index (χ3v) is 7.98. The third kappa shape index (κ3) is 4.35. The summed E-state index contributed by atoms with van der Waals surface area (Å²) in [6, 6.07) is 0.541. The first-order valence-electron chi connectivity index (χ1n) is 11.3. The van der Waals surface area contributed by atoms with Crippen LogP contribution < -0.4 is 0 Å². The summed E-state index contributed by atoms with van der Waals surface area (Å²) < 4.78 is 5.54. The highest BCUT2D eigenvalue weighted by atomic mass is 35.5. The maximum Gasteiger partial charge on any atom is 0.335 e. The van der Waals surface area contributed by atoms with Crippen LogP contribution in [0.3, 0.4) is 0 Å². The largest absolute Gasteiger partial charge is 0.462 e. The third-order valence-electron chi connectivity index (χ3n) is 7.64. The molecule has 3 aliphatic heterocycles. The molecule has 4 aliphatic rings. The number of aliphatic hydroxyl groups excluding tert-OH is 1. The van der Waals surface area contributed by atoms with Gasteiger partial charge in [-0.2, -0.15) is 0 Å². The summed E-state index contributed by atoms with van der Waals surface area (Å²) in [4.78, 5) is 15.4. The fourth-order valence-corrected chi connectivity index (χ4v) is 6.38. The zero-order chi connectivity index (χ0) is 20.4. The van der Waals surface area contributed by atoms with Crippen molar-refractivity contribution in [3.8, 4) is 0 Å². The number of carbonyl (C=O) groups excluding carboxylic acids is 1. The van der Waals surface area contributed by atoms with Crippen LogP contribution in [0.4, 0.5) is 0 Å². The Morgan fingerprint density at radius 2 is 1.97 bits per heavy atom. The molecule has 1 saturated heterocycles. The molecule has 0 amide bonds. The van der Waals surface area contributed by atoms with Gasteiger partial charge >= 0.3 is 5.97 Å². The molecule has 4 nitrogen and oxygen atoms in total. The van der Waals surface area contributed by atoms with Crippen LogP contribution in [0.15, 0.2) is 34.9 Å². The maximum atomic E-state index is 12.7. The van der Waals surface area contributed by atoms with E-state index >= 15 is 0 Å². The van der Waals surface area contributed by atoms with E-state index in [-0.39, 0.29) is 18.1 Å². The molecular weight excluding hydrogens is 386 g/mol. The van der Waals surface area contributed by atoms with Gasteiger partial charge in [-0.1, -0.05) is 55.7 Å². The fourth-order valence-electron chi connectivity index (χ4n) is 6.21. The molecule has 160 valence electrons. The number of hydrogen-bond acceptors (Lipinski definition) is 4. The predicted molar refractivity (Wildman–Crippen MR) is 116 cm³/mol. The molecule has 5 atom stereocenters. The quantitative estimate of drug-likeness (QED) is 0.455. The Balaban J connectivity index is 1.65. The van der Waals surface area contributed by atoms with Gasteiger partial charge in [-0.05, 0) is 50.4 Å².